The molecule has 0 aliphatic carbocycles. The Morgan fingerprint density at radius 3 is 2.92 bits per heavy atom. The number of aliphatic hydroxyl groups excluding tert-OH is 1. The smallest absolute Gasteiger partial charge is 0.287 e. The van der Waals surface area contributed by atoms with Crippen molar-refractivity contribution in [2.75, 3.05) is 6.54 Å². The summed E-state index contributed by atoms with van der Waals surface area (Å²) in [5.74, 6) is 0.348. The van der Waals surface area contributed by atoms with Crippen molar-refractivity contribution in [2.24, 2.45) is 5.92 Å². The molecule has 24 heavy (non-hydrogen) atoms. The third-order valence-electron chi connectivity index (χ3n) is 3.55. The molecule has 2 rings (SSSR count). The van der Waals surface area contributed by atoms with E-state index in [4.69, 9.17) is 14.4 Å². The fourth-order valence-corrected chi connectivity index (χ4v) is 1.98. The van der Waals surface area contributed by atoms with E-state index >= 15 is 0 Å². The number of hydrogen-bond acceptors (Lipinski definition) is 5. The second kappa shape index (κ2) is 8.18. The van der Waals surface area contributed by atoms with Crippen molar-refractivity contribution in [1.82, 2.24) is 5.32 Å². The van der Waals surface area contributed by atoms with Gasteiger partial charge in [-0.1, -0.05) is 19.9 Å². The summed E-state index contributed by atoms with van der Waals surface area (Å²) in [6, 6.07) is 10.5. The number of benzene rings is 1. The van der Waals surface area contributed by atoms with Gasteiger partial charge in [-0.15, -0.1) is 0 Å². The van der Waals surface area contributed by atoms with Crippen LogP contribution in [0.4, 0.5) is 0 Å². The van der Waals surface area contributed by atoms with Crippen LogP contribution in [0.3, 0.4) is 0 Å². The minimum atomic E-state index is -0.614. The zero-order chi connectivity index (χ0) is 17.5. The number of furan rings is 1. The number of ether oxygens (including phenoxy) is 1. The van der Waals surface area contributed by atoms with Gasteiger partial charge in [0, 0.05) is 12.1 Å². The minimum absolute atomic E-state index is 0.0529. The van der Waals surface area contributed by atoms with E-state index in [0.29, 0.717) is 16.9 Å². The molecule has 0 fully saturated rings. The van der Waals surface area contributed by atoms with Crippen molar-refractivity contribution >= 4 is 5.91 Å². The van der Waals surface area contributed by atoms with Gasteiger partial charge in [0.25, 0.3) is 5.91 Å². The fourth-order valence-electron chi connectivity index (χ4n) is 1.98. The van der Waals surface area contributed by atoms with E-state index in [1.807, 2.05) is 19.9 Å². The predicted octanol–water partition coefficient (Wildman–Crippen LogP) is 2.48. The van der Waals surface area contributed by atoms with Crippen LogP contribution >= 0.6 is 0 Å². The van der Waals surface area contributed by atoms with Gasteiger partial charge in [0.05, 0.1) is 24.0 Å². The van der Waals surface area contributed by atoms with Gasteiger partial charge in [0.1, 0.15) is 12.4 Å². The molecule has 1 unspecified atom stereocenters. The fraction of sp³-hybridized carbons (Fsp3) is 0.333. The molecular weight excluding hydrogens is 308 g/mol. The molecule has 6 nitrogen and oxygen atoms in total. The van der Waals surface area contributed by atoms with Crippen LogP contribution in [0.2, 0.25) is 0 Å². The first-order valence-corrected chi connectivity index (χ1v) is 7.67. The van der Waals surface area contributed by atoms with Crippen molar-refractivity contribution in [1.29, 1.82) is 5.26 Å². The number of aliphatic hydroxyl groups is 1. The van der Waals surface area contributed by atoms with E-state index in [1.165, 1.54) is 6.26 Å². The Kier molecular flexibility index (Phi) is 5.99. The SMILES string of the molecule is CC(C)C(O)CNC(=O)c1occc1COc1cccc(C#N)c1. The van der Waals surface area contributed by atoms with Crippen LogP contribution in [0.1, 0.15) is 35.5 Å². The van der Waals surface area contributed by atoms with Crippen LogP contribution in [-0.4, -0.2) is 23.7 Å². The molecular formula is C18H20N2O4. The van der Waals surface area contributed by atoms with Gasteiger partial charge in [0.15, 0.2) is 5.76 Å². The summed E-state index contributed by atoms with van der Waals surface area (Å²) in [6.07, 6.45) is 0.801. The molecule has 0 aliphatic heterocycles. The van der Waals surface area contributed by atoms with Gasteiger partial charge in [-0.3, -0.25) is 4.79 Å². The lowest BCUT2D eigenvalue weighted by Crippen LogP contribution is -2.34. The Morgan fingerprint density at radius 2 is 2.21 bits per heavy atom. The molecule has 0 aliphatic rings. The lowest BCUT2D eigenvalue weighted by Gasteiger charge is -2.14. The highest BCUT2D eigenvalue weighted by Crippen LogP contribution is 2.17. The first kappa shape index (κ1) is 17.6. The molecule has 0 saturated heterocycles. The van der Waals surface area contributed by atoms with Crippen molar-refractivity contribution in [3.63, 3.8) is 0 Å². The Bertz CT molecular complexity index is 731. The Balaban J connectivity index is 1.97. The molecule has 1 heterocycles. The van der Waals surface area contributed by atoms with Crippen molar-refractivity contribution in [2.45, 2.75) is 26.6 Å². The second-order valence-corrected chi connectivity index (χ2v) is 5.72. The number of carbonyl (C=O) groups excluding carboxylic acids is 1. The highest BCUT2D eigenvalue weighted by atomic mass is 16.5. The lowest BCUT2D eigenvalue weighted by atomic mass is 10.1. The average Bonchev–Trinajstić information content (AvgIpc) is 3.06. The van der Waals surface area contributed by atoms with Crippen molar-refractivity contribution in [3.05, 3.63) is 53.5 Å². The van der Waals surface area contributed by atoms with Gasteiger partial charge >= 0.3 is 0 Å². The van der Waals surface area contributed by atoms with Crippen LogP contribution in [0, 0.1) is 17.2 Å². The maximum absolute atomic E-state index is 12.2. The van der Waals surface area contributed by atoms with E-state index in [0.717, 1.165) is 0 Å². The maximum atomic E-state index is 12.2. The van der Waals surface area contributed by atoms with Crippen LogP contribution in [0.15, 0.2) is 41.0 Å². The summed E-state index contributed by atoms with van der Waals surface area (Å²) in [7, 11) is 0. The van der Waals surface area contributed by atoms with Gasteiger partial charge in [0.2, 0.25) is 0 Å². The molecule has 2 N–H and O–H groups in total. The molecule has 0 bridgehead atoms. The number of hydrogen-bond donors (Lipinski definition) is 2. The summed E-state index contributed by atoms with van der Waals surface area (Å²) in [6.45, 7) is 4.04. The Labute approximate surface area is 140 Å². The average molecular weight is 328 g/mol. The van der Waals surface area contributed by atoms with Crippen molar-refractivity contribution < 1.29 is 19.1 Å². The summed E-state index contributed by atoms with van der Waals surface area (Å²) >= 11 is 0. The van der Waals surface area contributed by atoms with Crippen LogP contribution in [0.25, 0.3) is 0 Å². The number of carbonyl (C=O) groups is 1. The summed E-state index contributed by atoms with van der Waals surface area (Å²) < 4.78 is 10.8. The Hall–Kier alpha value is -2.78. The van der Waals surface area contributed by atoms with E-state index in [9.17, 15) is 9.90 Å². The zero-order valence-electron chi connectivity index (χ0n) is 13.7. The van der Waals surface area contributed by atoms with E-state index < -0.39 is 12.0 Å². The van der Waals surface area contributed by atoms with Gasteiger partial charge in [-0.05, 0) is 30.2 Å². The van der Waals surface area contributed by atoms with E-state index in [1.54, 1.807) is 30.3 Å². The molecule has 1 amide bonds. The largest absolute Gasteiger partial charge is 0.489 e. The van der Waals surface area contributed by atoms with E-state index in [-0.39, 0.29) is 24.8 Å². The first-order valence-electron chi connectivity index (χ1n) is 7.67. The highest BCUT2D eigenvalue weighted by molar-refractivity contribution is 5.92. The number of nitriles is 1. The van der Waals surface area contributed by atoms with Gasteiger partial charge in [-0.2, -0.15) is 5.26 Å². The molecule has 1 aromatic carbocycles. The Morgan fingerprint density at radius 1 is 1.42 bits per heavy atom. The molecule has 0 saturated carbocycles. The number of amides is 1. The molecule has 6 heteroatoms. The molecule has 1 atom stereocenters. The first-order chi connectivity index (χ1) is 11.5. The van der Waals surface area contributed by atoms with Gasteiger partial charge < -0.3 is 19.6 Å². The standard InChI is InChI=1S/C18H20N2O4/c1-12(2)16(21)10-20-18(22)17-14(6-7-23-17)11-24-15-5-3-4-13(8-15)9-19/h3-8,12,16,21H,10-11H2,1-2H3,(H,20,22). The molecule has 0 spiro atoms. The predicted molar refractivity (Wildman–Crippen MR) is 87.4 cm³/mol. The topological polar surface area (TPSA) is 95.5 Å². The van der Waals surface area contributed by atoms with Crippen LogP contribution in [0.5, 0.6) is 5.75 Å². The number of nitrogens with one attached hydrogen (secondary N) is 1. The normalized spacial score (nSPS) is 11.8. The van der Waals surface area contributed by atoms with Gasteiger partial charge in [-0.25, -0.2) is 0 Å². The monoisotopic (exact) mass is 328 g/mol. The number of rotatable bonds is 7. The number of nitrogens with zero attached hydrogens (tertiary/aromatic N) is 1. The third kappa shape index (κ3) is 4.61. The van der Waals surface area contributed by atoms with Crippen LogP contribution in [-0.2, 0) is 6.61 Å². The zero-order valence-corrected chi connectivity index (χ0v) is 13.7. The molecule has 0 radical (unpaired) electrons. The molecule has 2 aromatic rings. The van der Waals surface area contributed by atoms with Crippen LogP contribution < -0.4 is 10.1 Å². The van der Waals surface area contributed by atoms with E-state index in [2.05, 4.69) is 5.32 Å². The second-order valence-electron chi connectivity index (χ2n) is 5.72. The molecule has 126 valence electrons. The maximum Gasteiger partial charge on any atom is 0.287 e. The summed E-state index contributed by atoms with van der Waals surface area (Å²) in [4.78, 5) is 12.2. The third-order valence-corrected chi connectivity index (χ3v) is 3.55. The quantitative estimate of drug-likeness (QED) is 0.814. The highest BCUT2D eigenvalue weighted by Gasteiger charge is 2.18. The summed E-state index contributed by atoms with van der Waals surface area (Å²) in [5.41, 5.74) is 1.09. The minimum Gasteiger partial charge on any atom is -0.489 e. The van der Waals surface area contributed by atoms with Crippen molar-refractivity contribution in [3.8, 4) is 11.8 Å². The molecule has 1 aromatic heterocycles. The lowest BCUT2D eigenvalue weighted by molar-refractivity contribution is 0.0844. The summed E-state index contributed by atoms with van der Waals surface area (Å²) in [5, 5.41) is 21.3.